The minimum Gasteiger partial charge on any atom is -0.356 e. The average molecular weight is 365 g/mol. The molecular formula is C19H32N4OS. The quantitative estimate of drug-likeness (QED) is 0.578. The van der Waals surface area contributed by atoms with Gasteiger partial charge in [-0.3, -0.25) is 9.79 Å². The first-order valence-corrected chi connectivity index (χ1v) is 10.2. The molecule has 0 bridgehead atoms. The highest BCUT2D eigenvalue weighted by atomic mass is 32.1. The first-order chi connectivity index (χ1) is 12.1. The summed E-state index contributed by atoms with van der Waals surface area (Å²) in [4.78, 5) is 20.0. The molecule has 1 aromatic heterocycles. The van der Waals surface area contributed by atoms with Gasteiger partial charge in [0, 0.05) is 44.0 Å². The molecule has 1 aromatic rings. The SMILES string of the molecule is CN=C(NCCC(=O)N1CCCCC1C)NCC(C)Cc1cccs1. The molecule has 0 spiro atoms. The number of nitrogens with zero attached hydrogens (tertiary/aromatic N) is 2. The molecule has 25 heavy (non-hydrogen) atoms. The summed E-state index contributed by atoms with van der Waals surface area (Å²) in [6.07, 6.45) is 5.10. The predicted molar refractivity (Wildman–Crippen MR) is 106 cm³/mol. The van der Waals surface area contributed by atoms with Crippen molar-refractivity contribution in [2.45, 2.75) is 52.0 Å². The van der Waals surface area contributed by atoms with Crippen LogP contribution in [0.15, 0.2) is 22.5 Å². The standard InChI is InChI=1S/C19H32N4OS/c1-15(13-17-8-6-12-25-17)14-22-19(20-3)21-10-9-18(24)23-11-5-4-7-16(23)2/h6,8,12,15-16H,4-5,7,9-11,13-14H2,1-3H3,(H2,20,21,22). The molecule has 2 N–H and O–H groups in total. The Balaban J connectivity index is 1.65. The average Bonchev–Trinajstić information content (AvgIpc) is 3.11. The Hall–Kier alpha value is -1.56. The molecule has 0 aromatic carbocycles. The van der Waals surface area contributed by atoms with E-state index in [9.17, 15) is 4.79 Å². The number of aliphatic imine (C=N–C) groups is 1. The van der Waals surface area contributed by atoms with Gasteiger partial charge in [-0.2, -0.15) is 0 Å². The summed E-state index contributed by atoms with van der Waals surface area (Å²) in [5, 5.41) is 8.75. The van der Waals surface area contributed by atoms with E-state index in [1.54, 1.807) is 18.4 Å². The maximum atomic E-state index is 12.3. The molecule has 1 saturated heterocycles. The zero-order valence-corrected chi connectivity index (χ0v) is 16.6. The zero-order chi connectivity index (χ0) is 18.1. The molecular weight excluding hydrogens is 332 g/mol. The van der Waals surface area contributed by atoms with Crippen molar-refractivity contribution in [2.75, 3.05) is 26.7 Å². The van der Waals surface area contributed by atoms with Gasteiger partial charge in [0.15, 0.2) is 5.96 Å². The molecule has 1 aliphatic heterocycles. The van der Waals surface area contributed by atoms with E-state index >= 15 is 0 Å². The summed E-state index contributed by atoms with van der Waals surface area (Å²) in [6, 6.07) is 4.67. The number of carbonyl (C=O) groups is 1. The van der Waals surface area contributed by atoms with Crippen LogP contribution in [0.5, 0.6) is 0 Å². The maximum Gasteiger partial charge on any atom is 0.224 e. The van der Waals surface area contributed by atoms with Crippen molar-refractivity contribution < 1.29 is 4.79 Å². The van der Waals surface area contributed by atoms with E-state index in [0.29, 0.717) is 24.9 Å². The van der Waals surface area contributed by atoms with Crippen LogP contribution in [-0.2, 0) is 11.2 Å². The van der Waals surface area contributed by atoms with Crippen LogP contribution in [0.1, 0.15) is 44.4 Å². The van der Waals surface area contributed by atoms with Crippen LogP contribution in [0.25, 0.3) is 0 Å². The van der Waals surface area contributed by atoms with Crippen LogP contribution in [-0.4, -0.2) is 49.5 Å². The molecule has 140 valence electrons. The number of nitrogens with one attached hydrogen (secondary N) is 2. The molecule has 5 nitrogen and oxygen atoms in total. The van der Waals surface area contributed by atoms with Gasteiger partial charge in [0.2, 0.25) is 5.91 Å². The largest absolute Gasteiger partial charge is 0.356 e. The molecule has 0 aliphatic carbocycles. The molecule has 2 heterocycles. The number of carbonyl (C=O) groups excluding carboxylic acids is 1. The van der Waals surface area contributed by atoms with Gasteiger partial charge in [-0.1, -0.05) is 13.0 Å². The molecule has 2 rings (SSSR count). The van der Waals surface area contributed by atoms with Crippen molar-refractivity contribution in [3.8, 4) is 0 Å². The predicted octanol–water partition coefficient (Wildman–Crippen LogP) is 2.88. The number of hydrogen-bond donors (Lipinski definition) is 2. The van der Waals surface area contributed by atoms with Crippen molar-refractivity contribution in [3.05, 3.63) is 22.4 Å². The van der Waals surface area contributed by atoms with Crippen molar-refractivity contribution in [1.29, 1.82) is 0 Å². The third-order valence-electron chi connectivity index (χ3n) is 4.73. The molecule has 1 fully saturated rings. The van der Waals surface area contributed by atoms with Crippen LogP contribution in [0.2, 0.25) is 0 Å². The van der Waals surface area contributed by atoms with Gasteiger partial charge in [-0.05, 0) is 50.0 Å². The number of amides is 1. The molecule has 2 unspecified atom stereocenters. The fourth-order valence-corrected chi connectivity index (χ4v) is 4.11. The highest BCUT2D eigenvalue weighted by Gasteiger charge is 2.22. The van der Waals surface area contributed by atoms with Crippen molar-refractivity contribution in [1.82, 2.24) is 15.5 Å². The normalized spacial score (nSPS) is 19.6. The second-order valence-corrected chi connectivity index (χ2v) is 7.98. The first kappa shape index (κ1) is 19.8. The van der Waals surface area contributed by atoms with Crippen LogP contribution in [0.4, 0.5) is 0 Å². The first-order valence-electron chi connectivity index (χ1n) is 9.36. The number of likely N-dealkylation sites (tertiary alicyclic amines) is 1. The Bertz CT molecular complexity index is 544. The van der Waals surface area contributed by atoms with E-state index in [1.165, 1.54) is 11.3 Å². The Morgan fingerprint density at radius 2 is 2.28 bits per heavy atom. The van der Waals surface area contributed by atoms with Gasteiger partial charge in [0.25, 0.3) is 0 Å². The van der Waals surface area contributed by atoms with Gasteiger partial charge < -0.3 is 15.5 Å². The van der Waals surface area contributed by atoms with Crippen LogP contribution >= 0.6 is 11.3 Å². The number of guanidine groups is 1. The van der Waals surface area contributed by atoms with Crippen molar-refractivity contribution in [2.24, 2.45) is 10.9 Å². The lowest BCUT2D eigenvalue weighted by molar-refractivity contribution is -0.134. The minimum atomic E-state index is 0.251. The van der Waals surface area contributed by atoms with E-state index in [2.05, 4.69) is 47.0 Å². The number of hydrogen-bond acceptors (Lipinski definition) is 3. The van der Waals surface area contributed by atoms with Crippen LogP contribution < -0.4 is 10.6 Å². The van der Waals surface area contributed by atoms with Crippen LogP contribution in [0, 0.1) is 5.92 Å². The number of thiophene rings is 1. The van der Waals surface area contributed by atoms with Crippen LogP contribution in [0.3, 0.4) is 0 Å². The van der Waals surface area contributed by atoms with Crippen molar-refractivity contribution in [3.63, 3.8) is 0 Å². The van der Waals surface area contributed by atoms with E-state index in [1.807, 2.05) is 4.90 Å². The van der Waals surface area contributed by atoms with E-state index in [4.69, 9.17) is 0 Å². The lowest BCUT2D eigenvalue weighted by atomic mass is 10.0. The number of rotatable bonds is 7. The number of piperidine rings is 1. The Kier molecular flexibility index (Phi) is 8.25. The van der Waals surface area contributed by atoms with Gasteiger partial charge in [-0.15, -0.1) is 11.3 Å². The van der Waals surface area contributed by atoms with Crippen molar-refractivity contribution >= 4 is 23.2 Å². The van der Waals surface area contributed by atoms with Gasteiger partial charge in [0.1, 0.15) is 0 Å². The third kappa shape index (κ3) is 6.69. The molecule has 1 aliphatic rings. The Morgan fingerprint density at radius 1 is 1.44 bits per heavy atom. The second-order valence-electron chi connectivity index (χ2n) is 6.95. The van der Waals surface area contributed by atoms with Gasteiger partial charge >= 0.3 is 0 Å². The Morgan fingerprint density at radius 3 is 2.96 bits per heavy atom. The highest BCUT2D eigenvalue weighted by Crippen LogP contribution is 2.17. The lowest BCUT2D eigenvalue weighted by Crippen LogP contribution is -2.44. The smallest absolute Gasteiger partial charge is 0.224 e. The van der Waals surface area contributed by atoms with Gasteiger partial charge in [-0.25, -0.2) is 0 Å². The fraction of sp³-hybridized carbons (Fsp3) is 0.684. The molecule has 6 heteroatoms. The highest BCUT2D eigenvalue weighted by molar-refractivity contribution is 7.09. The summed E-state index contributed by atoms with van der Waals surface area (Å²) in [5.41, 5.74) is 0. The topological polar surface area (TPSA) is 56.7 Å². The van der Waals surface area contributed by atoms with E-state index < -0.39 is 0 Å². The summed E-state index contributed by atoms with van der Waals surface area (Å²) < 4.78 is 0. The monoisotopic (exact) mass is 364 g/mol. The summed E-state index contributed by atoms with van der Waals surface area (Å²) in [6.45, 7) is 6.80. The summed E-state index contributed by atoms with van der Waals surface area (Å²) in [7, 11) is 1.77. The summed E-state index contributed by atoms with van der Waals surface area (Å²) in [5.74, 6) is 1.56. The molecule has 0 saturated carbocycles. The second kappa shape index (κ2) is 10.4. The van der Waals surface area contributed by atoms with E-state index in [0.717, 1.165) is 38.3 Å². The Labute approximate surface area is 155 Å². The van der Waals surface area contributed by atoms with E-state index in [-0.39, 0.29) is 5.91 Å². The lowest BCUT2D eigenvalue weighted by Gasteiger charge is -2.33. The molecule has 1 amide bonds. The van der Waals surface area contributed by atoms with Gasteiger partial charge in [0.05, 0.1) is 0 Å². The third-order valence-corrected chi connectivity index (χ3v) is 5.62. The zero-order valence-electron chi connectivity index (χ0n) is 15.8. The summed E-state index contributed by atoms with van der Waals surface area (Å²) >= 11 is 1.81. The molecule has 2 atom stereocenters. The minimum absolute atomic E-state index is 0.251. The fourth-order valence-electron chi connectivity index (χ4n) is 3.24. The molecule has 0 radical (unpaired) electrons. The maximum absolute atomic E-state index is 12.3.